The van der Waals surface area contributed by atoms with Gasteiger partial charge < -0.3 is 20.4 Å². The van der Waals surface area contributed by atoms with Crippen LogP contribution in [-0.2, 0) is 6.54 Å². The average molecular weight is 360 g/mol. The molecule has 5 heteroatoms. The SMILES string of the molecule is CCCCN1CCC(NC(=NC)NCc2ccc(N(C)C)cc2C)CC1. The van der Waals surface area contributed by atoms with Crippen LogP contribution in [0.25, 0.3) is 0 Å². The van der Waals surface area contributed by atoms with Crippen molar-refractivity contribution >= 4 is 11.6 Å². The number of anilines is 1. The molecule has 0 spiro atoms. The van der Waals surface area contributed by atoms with Crippen molar-refractivity contribution in [2.75, 3.05) is 45.7 Å². The molecule has 1 aromatic carbocycles. The van der Waals surface area contributed by atoms with Crippen LogP contribution in [0.1, 0.15) is 43.7 Å². The van der Waals surface area contributed by atoms with Crippen LogP contribution in [0, 0.1) is 6.92 Å². The largest absolute Gasteiger partial charge is 0.378 e. The van der Waals surface area contributed by atoms with E-state index in [1.807, 2.05) is 7.05 Å². The van der Waals surface area contributed by atoms with Gasteiger partial charge in [-0.25, -0.2) is 0 Å². The summed E-state index contributed by atoms with van der Waals surface area (Å²) in [5.74, 6) is 0.910. The van der Waals surface area contributed by atoms with E-state index in [0.717, 1.165) is 12.5 Å². The smallest absolute Gasteiger partial charge is 0.191 e. The Bertz CT molecular complexity index is 574. The molecule has 0 aromatic heterocycles. The molecule has 0 radical (unpaired) electrons. The number of benzene rings is 1. The highest BCUT2D eigenvalue weighted by molar-refractivity contribution is 5.80. The third kappa shape index (κ3) is 6.20. The standard InChI is InChI=1S/C21H37N5/c1-6-7-12-26-13-10-19(11-14-26)24-21(22-3)23-16-18-8-9-20(25(4)5)15-17(18)2/h8-9,15,19H,6-7,10-14,16H2,1-5H3,(H2,22,23,24). The van der Waals surface area contributed by atoms with Gasteiger partial charge in [0.2, 0.25) is 0 Å². The minimum Gasteiger partial charge on any atom is -0.378 e. The lowest BCUT2D eigenvalue weighted by Gasteiger charge is -2.33. The molecule has 1 heterocycles. The van der Waals surface area contributed by atoms with Crippen molar-refractivity contribution in [3.05, 3.63) is 29.3 Å². The number of piperidine rings is 1. The van der Waals surface area contributed by atoms with Crippen LogP contribution < -0.4 is 15.5 Å². The first-order valence-corrected chi connectivity index (χ1v) is 9.99. The zero-order chi connectivity index (χ0) is 18.9. The number of aliphatic imine (C=N–C) groups is 1. The molecule has 0 saturated carbocycles. The number of nitrogens with zero attached hydrogens (tertiary/aromatic N) is 3. The highest BCUT2D eigenvalue weighted by atomic mass is 15.2. The molecule has 1 aliphatic heterocycles. The van der Waals surface area contributed by atoms with Crippen molar-refractivity contribution in [3.63, 3.8) is 0 Å². The number of hydrogen-bond donors (Lipinski definition) is 2. The van der Waals surface area contributed by atoms with E-state index < -0.39 is 0 Å². The Morgan fingerprint density at radius 2 is 2.00 bits per heavy atom. The lowest BCUT2D eigenvalue weighted by Crippen LogP contribution is -2.48. The molecular weight excluding hydrogens is 322 g/mol. The van der Waals surface area contributed by atoms with Crippen LogP contribution in [0.3, 0.4) is 0 Å². The van der Waals surface area contributed by atoms with Gasteiger partial charge in [0.05, 0.1) is 0 Å². The number of aryl methyl sites for hydroxylation is 1. The fourth-order valence-corrected chi connectivity index (χ4v) is 3.41. The fourth-order valence-electron chi connectivity index (χ4n) is 3.41. The summed E-state index contributed by atoms with van der Waals surface area (Å²) >= 11 is 0. The number of guanidine groups is 1. The summed E-state index contributed by atoms with van der Waals surface area (Å²) < 4.78 is 0. The molecule has 2 N–H and O–H groups in total. The first kappa shape index (κ1) is 20.6. The van der Waals surface area contributed by atoms with Crippen LogP contribution in [0.15, 0.2) is 23.2 Å². The lowest BCUT2D eigenvalue weighted by atomic mass is 10.0. The maximum Gasteiger partial charge on any atom is 0.191 e. The summed E-state index contributed by atoms with van der Waals surface area (Å²) in [4.78, 5) is 9.14. The summed E-state index contributed by atoms with van der Waals surface area (Å²) in [6.45, 7) is 8.87. The van der Waals surface area contributed by atoms with Gasteiger partial charge in [-0.05, 0) is 56.0 Å². The summed E-state index contributed by atoms with van der Waals surface area (Å²) in [5, 5.41) is 7.09. The Morgan fingerprint density at radius 1 is 1.27 bits per heavy atom. The quantitative estimate of drug-likeness (QED) is 0.580. The monoisotopic (exact) mass is 359 g/mol. The highest BCUT2D eigenvalue weighted by Gasteiger charge is 2.19. The fraction of sp³-hybridized carbons (Fsp3) is 0.667. The van der Waals surface area contributed by atoms with E-state index >= 15 is 0 Å². The number of likely N-dealkylation sites (tertiary alicyclic amines) is 1. The molecule has 0 bridgehead atoms. The third-order valence-electron chi connectivity index (χ3n) is 5.27. The Kier molecular flexibility index (Phi) is 8.23. The van der Waals surface area contributed by atoms with Crippen LogP contribution >= 0.6 is 0 Å². The maximum atomic E-state index is 4.41. The van der Waals surface area contributed by atoms with Gasteiger partial charge in [0.25, 0.3) is 0 Å². The van der Waals surface area contributed by atoms with E-state index in [2.05, 4.69) is 71.6 Å². The second kappa shape index (κ2) is 10.4. The molecule has 5 nitrogen and oxygen atoms in total. The van der Waals surface area contributed by atoms with Gasteiger partial charge in [0.1, 0.15) is 0 Å². The second-order valence-electron chi connectivity index (χ2n) is 7.54. The number of rotatable bonds is 7. The highest BCUT2D eigenvalue weighted by Crippen LogP contribution is 2.17. The maximum absolute atomic E-state index is 4.41. The summed E-state index contributed by atoms with van der Waals surface area (Å²) in [5.41, 5.74) is 3.86. The molecule has 1 aliphatic rings. The lowest BCUT2D eigenvalue weighted by molar-refractivity contribution is 0.203. The predicted molar refractivity (Wildman–Crippen MR) is 113 cm³/mol. The van der Waals surface area contributed by atoms with Crippen LogP contribution in [0.4, 0.5) is 5.69 Å². The molecular formula is C21H37N5. The van der Waals surface area contributed by atoms with E-state index in [1.165, 1.54) is 62.1 Å². The average Bonchev–Trinajstić information content (AvgIpc) is 2.65. The minimum absolute atomic E-state index is 0.524. The first-order valence-electron chi connectivity index (χ1n) is 9.99. The van der Waals surface area contributed by atoms with E-state index in [0.29, 0.717) is 6.04 Å². The topological polar surface area (TPSA) is 42.9 Å². The summed E-state index contributed by atoms with van der Waals surface area (Å²) in [7, 11) is 6.01. The molecule has 26 heavy (non-hydrogen) atoms. The van der Waals surface area contributed by atoms with Crippen LogP contribution in [-0.4, -0.2) is 57.7 Å². The van der Waals surface area contributed by atoms with Crippen molar-refractivity contribution < 1.29 is 0 Å². The molecule has 146 valence electrons. The van der Waals surface area contributed by atoms with Gasteiger partial charge in [-0.3, -0.25) is 4.99 Å². The van der Waals surface area contributed by atoms with Gasteiger partial charge in [-0.2, -0.15) is 0 Å². The van der Waals surface area contributed by atoms with Crippen LogP contribution in [0.5, 0.6) is 0 Å². The van der Waals surface area contributed by atoms with Gasteiger partial charge in [0, 0.05) is 52.5 Å². The van der Waals surface area contributed by atoms with E-state index in [4.69, 9.17) is 0 Å². The van der Waals surface area contributed by atoms with Crippen LogP contribution in [0.2, 0.25) is 0 Å². The second-order valence-corrected chi connectivity index (χ2v) is 7.54. The van der Waals surface area contributed by atoms with Gasteiger partial charge in [-0.1, -0.05) is 19.4 Å². The van der Waals surface area contributed by atoms with Crippen molar-refractivity contribution in [3.8, 4) is 0 Å². The molecule has 0 aliphatic carbocycles. The summed E-state index contributed by atoms with van der Waals surface area (Å²) in [6, 6.07) is 7.14. The van der Waals surface area contributed by atoms with Gasteiger partial charge in [-0.15, -0.1) is 0 Å². The Labute approximate surface area is 159 Å². The third-order valence-corrected chi connectivity index (χ3v) is 5.27. The van der Waals surface area contributed by atoms with E-state index in [9.17, 15) is 0 Å². The Morgan fingerprint density at radius 3 is 2.58 bits per heavy atom. The number of unbranched alkanes of at least 4 members (excludes halogenated alkanes) is 1. The zero-order valence-corrected chi connectivity index (χ0v) is 17.3. The molecule has 0 atom stereocenters. The van der Waals surface area contributed by atoms with Crippen molar-refractivity contribution in [2.45, 2.75) is 52.1 Å². The minimum atomic E-state index is 0.524. The van der Waals surface area contributed by atoms with Gasteiger partial charge >= 0.3 is 0 Å². The number of hydrogen-bond acceptors (Lipinski definition) is 3. The van der Waals surface area contributed by atoms with Gasteiger partial charge in [0.15, 0.2) is 5.96 Å². The van der Waals surface area contributed by atoms with E-state index in [-0.39, 0.29) is 0 Å². The molecule has 0 unspecified atom stereocenters. The zero-order valence-electron chi connectivity index (χ0n) is 17.3. The molecule has 1 aromatic rings. The molecule has 0 amide bonds. The van der Waals surface area contributed by atoms with Crippen molar-refractivity contribution in [2.24, 2.45) is 4.99 Å². The van der Waals surface area contributed by atoms with E-state index in [1.54, 1.807) is 0 Å². The first-order chi connectivity index (χ1) is 12.5. The molecule has 1 saturated heterocycles. The summed E-state index contributed by atoms with van der Waals surface area (Å²) in [6.07, 6.45) is 4.99. The van der Waals surface area contributed by atoms with Crippen molar-refractivity contribution in [1.29, 1.82) is 0 Å². The number of nitrogens with one attached hydrogen (secondary N) is 2. The Hall–Kier alpha value is -1.75. The Balaban J connectivity index is 1.80. The molecule has 2 rings (SSSR count). The predicted octanol–water partition coefficient (Wildman–Crippen LogP) is 2.99. The normalized spacial score (nSPS) is 16.6. The van der Waals surface area contributed by atoms with Crippen molar-refractivity contribution in [1.82, 2.24) is 15.5 Å². The molecule has 1 fully saturated rings.